The lowest BCUT2D eigenvalue weighted by atomic mass is 9.79. The van der Waals surface area contributed by atoms with Crippen LogP contribution in [-0.2, 0) is 18.3 Å². The first-order valence-electron chi connectivity index (χ1n) is 13.4. The number of rotatable bonds is 13. The molecule has 8 heteroatoms. The zero-order valence-corrected chi connectivity index (χ0v) is 22.1. The number of aryl methyl sites for hydroxylation is 2. The number of hydrogen-bond donors (Lipinski definition) is 2. The van der Waals surface area contributed by atoms with Crippen molar-refractivity contribution in [1.82, 2.24) is 19.4 Å². The van der Waals surface area contributed by atoms with Crippen molar-refractivity contribution in [3.05, 3.63) is 54.2 Å². The highest BCUT2D eigenvalue weighted by atomic mass is 16.5. The Hall–Kier alpha value is -2.97. The van der Waals surface area contributed by atoms with E-state index < -0.39 is 12.1 Å². The Kier molecular flexibility index (Phi) is 9.52. The minimum absolute atomic E-state index is 0.201. The number of aliphatic carboxylic acids is 1. The number of carbonyl (C=O) groups is 1. The molecule has 3 atom stereocenters. The molecule has 0 radical (unpaired) electrons. The van der Waals surface area contributed by atoms with Crippen LogP contribution in [0.4, 0.5) is 0 Å². The SMILES string of the molecule is COc1ccc2nccc([C@@H](O)CCC3CCN(CCCCc4cncn4C)CC3CCC(=O)O)c2c1. The molecule has 1 aromatic carbocycles. The minimum atomic E-state index is -0.732. The standard InChI is InChI=1S/C29H40N4O4/c1-32-20-30-18-23(32)5-3-4-15-33-16-13-21(22(19-33)7-11-29(35)36)6-10-28(34)25-12-14-31-27-9-8-24(37-2)17-26(25)27/h8-9,12,14,17-18,20-22,28,34H,3-7,10-11,13,15-16,19H2,1-2H3,(H,35,36)/t21?,22?,28-/m0/s1. The maximum atomic E-state index is 11.3. The Bertz CT molecular complexity index is 1160. The third kappa shape index (κ3) is 7.29. The van der Waals surface area contributed by atoms with E-state index in [0.717, 1.165) is 74.0 Å². The number of aliphatic hydroxyl groups excluding tert-OH is 1. The number of pyridine rings is 1. The van der Waals surface area contributed by atoms with Gasteiger partial charge in [0.05, 0.1) is 25.1 Å². The topological polar surface area (TPSA) is 101 Å². The van der Waals surface area contributed by atoms with Crippen LogP contribution in [0.5, 0.6) is 5.75 Å². The van der Waals surface area contributed by atoms with Gasteiger partial charge in [0.1, 0.15) is 5.75 Å². The molecule has 0 saturated carbocycles. The first-order valence-corrected chi connectivity index (χ1v) is 13.4. The van der Waals surface area contributed by atoms with Gasteiger partial charge in [-0.05, 0) is 99.7 Å². The van der Waals surface area contributed by atoms with E-state index >= 15 is 0 Å². The number of aromatic nitrogens is 3. The molecule has 2 aromatic heterocycles. The van der Waals surface area contributed by atoms with E-state index in [1.54, 1.807) is 13.3 Å². The van der Waals surface area contributed by atoms with Crippen LogP contribution >= 0.6 is 0 Å². The highest BCUT2D eigenvalue weighted by Crippen LogP contribution is 2.35. The molecular weight excluding hydrogens is 468 g/mol. The van der Waals surface area contributed by atoms with Gasteiger partial charge in [-0.2, -0.15) is 0 Å². The number of nitrogens with zero attached hydrogens (tertiary/aromatic N) is 4. The highest BCUT2D eigenvalue weighted by molar-refractivity contribution is 5.83. The normalized spacial score (nSPS) is 19.2. The summed E-state index contributed by atoms with van der Waals surface area (Å²) < 4.78 is 7.45. The van der Waals surface area contributed by atoms with Crippen molar-refractivity contribution >= 4 is 16.9 Å². The second kappa shape index (κ2) is 13.0. The van der Waals surface area contributed by atoms with Crippen molar-refractivity contribution < 1.29 is 19.7 Å². The van der Waals surface area contributed by atoms with Gasteiger partial charge in [0, 0.05) is 43.5 Å². The number of imidazole rings is 1. The average Bonchev–Trinajstić information content (AvgIpc) is 3.32. The maximum Gasteiger partial charge on any atom is 0.303 e. The third-order valence-electron chi connectivity index (χ3n) is 7.93. The molecule has 1 aliphatic rings. The Morgan fingerprint density at radius 3 is 2.84 bits per heavy atom. The number of fused-ring (bicyclic) bond motifs is 1. The molecule has 3 aromatic rings. The first-order chi connectivity index (χ1) is 17.9. The maximum absolute atomic E-state index is 11.3. The summed E-state index contributed by atoms with van der Waals surface area (Å²) in [7, 11) is 3.67. The zero-order chi connectivity index (χ0) is 26.2. The molecule has 8 nitrogen and oxygen atoms in total. The Morgan fingerprint density at radius 1 is 1.22 bits per heavy atom. The monoisotopic (exact) mass is 508 g/mol. The summed E-state index contributed by atoms with van der Waals surface area (Å²) in [6.45, 7) is 3.02. The van der Waals surface area contributed by atoms with E-state index in [4.69, 9.17) is 4.74 Å². The average molecular weight is 509 g/mol. The van der Waals surface area contributed by atoms with Crippen LogP contribution in [0.1, 0.15) is 62.3 Å². The lowest BCUT2D eigenvalue weighted by Crippen LogP contribution is -2.41. The summed E-state index contributed by atoms with van der Waals surface area (Å²) in [5, 5.41) is 21.4. The van der Waals surface area contributed by atoms with Crippen molar-refractivity contribution in [3.8, 4) is 5.75 Å². The molecule has 0 bridgehead atoms. The van der Waals surface area contributed by atoms with Gasteiger partial charge in [-0.3, -0.25) is 9.78 Å². The molecule has 1 fully saturated rings. The summed E-state index contributed by atoms with van der Waals surface area (Å²) >= 11 is 0. The van der Waals surface area contributed by atoms with Gasteiger partial charge in [-0.1, -0.05) is 0 Å². The summed E-state index contributed by atoms with van der Waals surface area (Å²) in [5.74, 6) is 0.769. The quantitative estimate of drug-likeness (QED) is 0.325. The van der Waals surface area contributed by atoms with Crippen molar-refractivity contribution in [1.29, 1.82) is 0 Å². The van der Waals surface area contributed by atoms with Crippen LogP contribution in [0.2, 0.25) is 0 Å². The van der Waals surface area contributed by atoms with E-state index in [1.165, 1.54) is 5.69 Å². The molecule has 1 aliphatic heterocycles. The molecule has 37 heavy (non-hydrogen) atoms. The number of piperidine rings is 1. The van der Waals surface area contributed by atoms with Crippen LogP contribution in [0.3, 0.4) is 0 Å². The number of benzene rings is 1. The van der Waals surface area contributed by atoms with Crippen LogP contribution in [0, 0.1) is 11.8 Å². The first kappa shape index (κ1) is 27.1. The van der Waals surface area contributed by atoms with Gasteiger partial charge in [0.25, 0.3) is 0 Å². The van der Waals surface area contributed by atoms with Crippen molar-refractivity contribution in [2.75, 3.05) is 26.7 Å². The van der Waals surface area contributed by atoms with Gasteiger partial charge in [-0.15, -0.1) is 0 Å². The van der Waals surface area contributed by atoms with Crippen LogP contribution in [0.15, 0.2) is 43.0 Å². The number of ether oxygens (including phenoxy) is 1. The molecule has 200 valence electrons. The number of unbranched alkanes of at least 4 members (excludes halogenated alkanes) is 1. The summed E-state index contributed by atoms with van der Waals surface area (Å²) in [6, 6.07) is 7.62. The van der Waals surface area contributed by atoms with Crippen molar-refractivity contribution in [2.45, 2.75) is 57.5 Å². The van der Waals surface area contributed by atoms with Gasteiger partial charge in [-0.25, -0.2) is 4.98 Å². The fourth-order valence-corrected chi connectivity index (χ4v) is 5.73. The fraction of sp³-hybridized carbons (Fsp3) is 0.552. The van der Waals surface area contributed by atoms with E-state index in [2.05, 4.69) is 19.4 Å². The molecular formula is C29H40N4O4. The van der Waals surface area contributed by atoms with E-state index in [9.17, 15) is 15.0 Å². The summed E-state index contributed by atoms with van der Waals surface area (Å²) in [4.78, 5) is 22.5. The molecule has 2 unspecified atom stereocenters. The molecule has 4 rings (SSSR count). The molecule has 2 N–H and O–H groups in total. The third-order valence-corrected chi connectivity index (χ3v) is 7.93. The molecule has 1 saturated heterocycles. The van der Waals surface area contributed by atoms with E-state index in [1.807, 2.05) is 43.8 Å². The lowest BCUT2D eigenvalue weighted by Gasteiger charge is -2.39. The van der Waals surface area contributed by atoms with Crippen molar-refractivity contribution in [3.63, 3.8) is 0 Å². The van der Waals surface area contributed by atoms with Gasteiger partial charge >= 0.3 is 5.97 Å². The molecule has 0 spiro atoms. The van der Waals surface area contributed by atoms with Crippen molar-refractivity contribution in [2.24, 2.45) is 18.9 Å². The minimum Gasteiger partial charge on any atom is -0.497 e. The number of likely N-dealkylation sites (tertiary alicyclic amines) is 1. The highest BCUT2D eigenvalue weighted by Gasteiger charge is 2.30. The Labute approximate surface area is 219 Å². The number of carboxylic acids is 1. The molecule has 0 amide bonds. The largest absolute Gasteiger partial charge is 0.497 e. The fourth-order valence-electron chi connectivity index (χ4n) is 5.73. The van der Waals surface area contributed by atoms with Crippen LogP contribution in [-0.4, -0.2) is 62.4 Å². The van der Waals surface area contributed by atoms with Gasteiger partial charge < -0.3 is 24.4 Å². The lowest BCUT2D eigenvalue weighted by molar-refractivity contribution is -0.137. The van der Waals surface area contributed by atoms with E-state index in [-0.39, 0.29) is 6.42 Å². The number of methoxy groups -OCH3 is 1. The molecule has 3 heterocycles. The van der Waals surface area contributed by atoms with Crippen LogP contribution in [0.25, 0.3) is 10.9 Å². The summed E-state index contributed by atoms with van der Waals surface area (Å²) in [6.07, 6.45) is 11.7. The Morgan fingerprint density at radius 2 is 2.08 bits per heavy atom. The zero-order valence-electron chi connectivity index (χ0n) is 22.1. The number of hydrogen-bond acceptors (Lipinski definition) is 6. The van der Waals surface area contributed by atoms with Crippen LogP contribution < -0.4 is 4.74 Å². The number of carboxylic acid groups (broad SMARTS) is 1. The van der Waals surface area contributed by atoms with E-state index in [0.29, 0.717) is 24.7 Å². The smallest absolute Gasteiger partial charge is 0.303 e. The second-order valence-electron chi connectivity index (χ2n) is 10.4. The predicted octanol–water partition coefficient (Wildman–Crippen LogP) is 4.62. The Balaban J connectivity index is 1.32. The van der Waals surface area contributed by atoms with Gasteiger partial charge in [0.2, 0.25) is 0 Å². The summed E-state index contributed by atoms with van der Waals surface area (Å²) in [5.41, 5.74) is 2.97. The van der Waals surface area contributed by atoms with Gasteiger partial charge in [0.15, 0.2) is 0 Å². The molecule has 0 aliphatic carbocycles. The second-order valence-corrected chi connectivity index (χ2v) is 10.4. The number of aliphatic hydroxyl groups is 1. The predicted molar refractivity (Wildman–Crippen MR) is 144 cm³/mol.